The Labute approximate surface area is 119 Å². The normalized spacial score (nSPS) is 31.1. The van der Waals surface area contributed by atoms with Crippen LogP contribution in [0.25, 0.3) is 0 Å². The van der Waals surface area contributed by atoms with Gasteiger partial charge in [-0.1, -0.05) is 17.7 Å². The summed E-state index contributed by atoms with van der Waals surface area (Å²) in [5.41, 5.74) is -1.13. The fourth-order valence-electron chi connectivity index (χ4n) is 2.64. The number of hydrogen-bond acceptors (Lipinski definition) is 2. The van der Waals surface area contributed by atoms with Gasteiger partial charge in [0.1, 0.15) is 6.04 Å². The van der Waals surface area contributed by atoms with Crippen molar-refractivity contribution in [3.8, 4) is 0 Å². The zero-order valence-electron chi connectivity index (χ0n) is 10.8. The van der Waals surface area contributed by atoms with Gasteiger partial charge in [0, 0.05) is 10.6 Å². The average molecular weight is 308 g/mol. The van der Waals surface area contributed by atoms with Crippen molar-refractivity contribution in [2.45, 2.75) is 31.1 Å². The number of likely N-dealkylation sites (N-methyl/N-ethyl adjacent to an activating group) is 1. The second-order valence-electron chi connectivity index (χ2n) is 5.13. The van der Waals surface area contributed by atoms with E-state index in [4.69, 9.17) is 16.7 Å². The molecule has 1 heterocycles. The van der Waals surface area contributed by atoms with Crippen LogP contribution in [0.4, 0.5) is 13.2 Å². The highest BCUT2D eigenvalue weighted by atomic mass is 35.5. The standard InChI is InChI=1S/C13H13ClF3NO2/c1-12-4-3-8(14)5-7(12)6-9(11(19)20)10(18(12)2)13(15,16)17/h3,5-6,10H,4H2,1-2H3,(H,19,20). The van der Waals surface area contributed by atoms with Gasteiger partial charge in [-0.25, -0.2) is 4.79 Å². The van der Waals surface area contributed by atoms with Gasteiger partial charge in [-0.2, -0.15) is 13.2 Å². The molecule has 0 aromatic carbocycles. The molecule has 1 aliphatic carbocycles. The van der Waals surface area contributed by atoms with E-state index in [1.54, 1.807) is 13.0 Å². The number of alkyl halides is 3. The molecule has 7 heteroatoms. The second kappa shape index (κ2) is 4.63. The Bertz CT molecular complexity index is 550. The maximum Gasteiger partial charge on any atom is 0.408 e. The van der Waals surface area contributed by atoms with Crippen molar-refractivity contribution in [2.24, 2.45) is 0 Å². The van der Waals surface area contributed by atoms with Crippen molar-refractivity contribution < 1.29 is 23.1 Å². The van der Waals surface area contributed by atoms with Crippen LogP contribution in [0.3, 0.4) is 0 Å². The Morgan fingerprint density at radius 3 is 2.60 bits per heavy atom. The lowest BCUT2D eigenvalue weighted by Gasteiger charge is -2.49. The summed E-state index contributed by atoms with van der Waals surface area (Å²) in [6.07, 6.45) is -0.121. The molecule has 0 radical (unpaired) electrons. The van der Waals surface area contributed by atoms with Gasteiger partial charge in [-0.05, 0) is 38.1 Å². The first-order valence-electron chi connectivity index (χ1n) is 5.90. The zero-order valence-corrected chi connectivity index (χ0v) is 11.6. The minimum absolute atomic E-state index is 0.296. The molecular weight excluding hydrogens is 295 g/mol. The number of carbonyl (C=O) groups is 1. The molecule has 1 aliphatic heterocycles. The average Bonchev–Trinajstić information content (AvgIpc) is 2.29. The minimum atomic E-state index is -4.65. The van der Waals surface area contributed by atoms with E-state index < -0.39 is 29.3 Å². The Morgan fingerprint density at radius 1 is 1.50 bits per heavy atom. The Kier molecular flexibility index (Phi) is 3.50. The predicted octanol–water partition coefficient (Wildman–Crippen LogP) is 3.09. The van der Waals surface area contributed by atoms with Gasteiger partial charge in [0.2, 0.25) is 0 Å². The van der Waals surface area contributed by atoms with E-state index in [1.807, 2.05) is 0 Å². The van der Waals surface area contributed by atoms with Gasteiger partial charge in [0.05, 0.1) is 5.57 Å². The molecule has 1 N–H and O–H groups in total. The van der Waals surface area contributed by atoms with Gasteiger partial charge in [-0.15, -0.1) is 0 Å². The van der Waals surface area contributed by atoms with Crippen LogP contribution in [0.5, 0.6) is 0 Å². The van der Waals surface area contributed by atoms with Gasteiger partial charge < -0.3 is 5.11 Å². The van der Waals surface area contributed by atoms with Gasteiger partial charge in [0.25, 0.3) is 0 Å². The van der Waals surface area contributed by atoms with Crippen LogP contribution in [-0.4, -0.2) is 40.8 Å². The fraction of sp³-hybridized carbons (Fsp3) is 0.462. The second-order valence-corrected chi connectivity index (χ2v) is 5.56. The summed E-state index contributed by atoms with van der Waals surface area (Å²) in [4.78, 5) is 12.2. The first kappa shape index (κ1) is 15.1. The summed E-state index contributed by atoms with van der Waals surface area (Å²) in [7, 11) is 1.29. The summed E-state index contributed by atoms with van der Waals surface area (Å²) in [6, 6.07) is -2.13. The van der Waals surface area contributed by atoms with E-state index in [1.165, 1.54) is 13.1 Å². The first-order chi connectivity index (χ1) is 9.07. The van der Waals surface area contributed by atoms with Crippen molar-refractivity contribution in [3.05, 3.63) is 34.4 Å². The summed E-state index contributed by atoms with van der Waals surface area (Å²) >= 11 is 5.87. The monoisotopic (exact) mass is 307 g/mol. The summed E-state index contributed by atoms with van der Waals surface area (Å²) < 4.78 is 39.6. The summed E-state index contributed by atoms with van der Waals surface area (Å²) in [6.45, 7) is 1.65. The molecule has 0 bridgehead atoms. The molecule has 0 fully saturated rings. The largest absolute Gasteiger partial charge is 0.478 e. The SMILES string of the molecule is CN1C(C(F)(F)F)C(C(=O)O)=CC2=CC(Cl)=CCC21C. The van der Waals surface area contributed by atoms with E-state index >= 15 is 0 Å². The Morgan fingerprint density at radius 2 is 2.10 bits per heavy atom. The Balaban J connectivity index is 2.63. The lowest BCUT2D eigenvalue weighted by atomic mass is 9.77. The zero-order chi connectivity index (χ0) is 15.3. The highest BCUT2D eigenvalue weighted by Crippen LogP contribution is 2.45. The number of rotatable bonds is 1. The van der Waals surface area contributed by atoms with Crippen LogP contribution >= 0.6 is 11.6 Å². The lowest BCUT2D eigenvalue weighted by Crippen LogP contribution is -2.59. The molecule has 2 unspecified atom stereocenters. The highest BCUT2D eigenvalue weighted by molar-refractivity contribution is 6.31. The van der Waals surface area contributed by atoms with Crippen molar-refractivity contribution in [1.82, 2.24) is 4.90 Å². The lowest BCUT2D eigenvalue weighted by molar-refractivity contribution is -0.185. The summed E-state index contributed by atoms with van der Waals surface area (Å²) in [5, 5.41) is 9.46. The van der Waals surface area contributed by atoms with Crippen LogP contribution in [0, 0.1) is 0 Å². The molecule has 2 aliphatic rings. The van der Waals surface area contributed by atoms with Crippen molar-refractivity contribution >= 4 is 17.6 Å². The fourth-order valence-corrected chi connectivity index (χ4v) is 2.83. The predicted molar refractivity (Wildman–Crippen MR) is 68.4 cm³/mol. The summed E-state index contributed by atoms with van der Waals surface area (Å²) in [5.74, 6) is -1.58. The number of hydrogen-bond donors (Lipinski definition) is 1. The smallest absolute Gasteiger partial charge is 0.408 e. The number of fused-ring (bicyclic) bond motifs is 1. The maximum atomic E-state index is 13.2. The third-order valence-corrected chi connectivity index (χ3v) is 4.20. The van der Waals surface area contributed by atoms with Crippen LogP contribution in [0.15, 0.2) is 34.4 Å². The molecule has 0 spiro atoms. The highest BCUT2D eigenvalue weighted by Gasteiger charge is 2.54. The van der Waals surface area contributed by atoms with Crippen LogP contribution < -0.4 is 0 Å². The Hall–Kier alpha value is -1.27. The molecule has 0 aromatic heterocycles. The third-order valence-electron chi connectivity index (χ3n) is 3.94. The first-order valence-corrected chi connectivity index (χ1v) is 6.27. The number of allylic oxidation sites excluding steroid dienone is 2. The number of carboxylic acid groups (broad SMARTS) is 1. The topological polar surface area (TPSA) is 40.5 Å². The van der Waals surface area contributed by atoms with Gasteiger partial charge >= 0.3 is 12.1 Å². The maximum absolute atomic E-state index is 13.2. The molecule has 0 amide bonds. The number of nitrogens with zero attached hydrogens (tertiary/aromatic N) is 1. The minimum Gasteiger partial charge on any atom is -0.478 e. The van der Waals surface area contributed by atoms with Crippen molar-refractivity contribution in [2.75, 3.05) is 7.05 Å². The van der Waals surface area contributed by atoms with E-state index in [2.05, 4.69) is 0 Å². The molecule has 110 valence electrons. The van der Waals surface area contributed by atoms with Crippen LogP contribution in [0.2, 0.25) is 0 Å². The number of carboxylic acids is 1. The van der Waals surface area contributed by atoms with Crippen LogP contribution in [0.1, 0.15) is 13.3 Å². The molecule has 0 aromatic rings. The van der Waals surface area contributed by atoms with Crippen molar-refractivity contribution in [3.63, 3.8) is 0 Å². The van der Waals surface area contributed by atoms with Crippen LogP contribution in [-0.2, 0) is 4.79 Å². The van der Waals surface area contributed by atoms with E-state index in [-0.39, 0.29) is 0 Å². The molecule has 2 rings (SSSR count). The van der Waals surface area contributed by atoms with E-state index in [0.717, 1.165) is 11.0 Å². The molecule has 3 nitrogen and oxygen atoms in total. The quantitative estimate of drug-likeness (QED) is 0.809. The molecule has 0 saturated carbocycles. The van der Waals surface area contributed by atoms with Gasteiger partial charge in [-0.3, -0.25) is 4.90 Å². The molecule has 0 saturated heterocycles. The molecular formula is C13H13ClF3NO2. The molecule has 20 heavy (non-hydrogen) atoms. The van der Waals surface area contributed by atoms with E-state index in [9.17, 15) is 18.0 Å². The number of halogens is 4. The number of aliphatic carboxylic acids is 1. The van der Waals surface area contributed by atoms with Gasteiger partial charge in [0.15, 0.2) is 0 Å². The van der Waals surface area contributed by atoms with Crippen molar-refractivity contribution in [1.29, 1.82) is 0 Å². The molecule has 2 atom stereocenters. The van der Waals surface area contributed by atoms with E-state index in [0.29, 0.717) is 17.0 Å². The third kappa shape index (κ3) is 2.27.